The molecule has 1 unspecified atom stereocenters. The van der Waals surface area contributed by atoms with Crippen molar-refractivity contribution >= 4 is 15.9 Å². The van der Waals surface area contributed by atoms with Gasteiger partial charge in [-0.3, -0.25) is 0 Å². The molecule has 0 amide bonds. The number of ether oxygens (including phenoxy) is 1. The fraction of sp³-hybridized carbons (Fsp3) is 0.200. The topological polar surface area (TPSA) is 35.2 Å². The maximum absolute atomic E-state index is 13.9. The molecule has 0 heterocycles. The lowest BCUT2D eigenvalue weighted by atomic mass is 9.99. The van der Waals surface area contributed by atoms with Gasteiger partial charge in [-0.25, -0.2) is 8.78 Å². The van der Waals surface area contributed by atoms with Crippen LogP contribution in [0.25, 0.3) is 0 Å². The summed E-state index contributed by atoms with van der Waals surface area (Å²) in [6.07, 6.45) is 0. The Balaban J connectivity index is 2.31. The van der Waals surface area contributed by atoms with E-state index in [0.29, 0.717) is 17.9 Å². The van der Waals surface area contributed by atoms with Crippen LogP contribution in [0.4, 0.5) is 8.78 Å². The number of rotatable bonds is 4. The highest BCUT2D eigenvalue weighted by Crippen LogP contribution is 2.27. The average Bonchev–Trinajstić information content (AvgIpc) is 2.43. The third-order valence-corrected chi connectivity index (χ3v) is 3.53. The van der Waals surface area contributed by atoms with Crippen LogP contribution in [-0.4, -0.2) is 6.61 Å². The Hall–Kier alpha value is -1.46. The van der Waals surface area contributed by atoms with Gasteiger partial charge in [0.05, 0.1) is 17.1 Å². The molecule has 2 nitrogen and oxygen atoms in total. The van der Waals surface area contributed by atoms with E-state index in [4.69, 9.17) is 10.5 Å². The molecule has 20 heavy (non-hydrogen) atoms. The molecule has 0 saturated heterocycles. The van der Waals surface area contributed by atoms with Gasteiger partial charge in [0.25, 0.3) is 0 Å². The first-order valence-electron chi connectivity index (χ1n) is 6.15. The van der Waals surface area contributed by atoms with E-state index in [2.05, 4.69) is 15.9 Å². The minimum absolute atomic E-state index is 0.0812. The van der Waals surface area contributed by atoms with Crippen LogP contribution in [0.5, 0.6) is 5.75 Å². The first kappa shape index (κ1) is 14.9. The summed E-state index contributed by atoms with van der Waals surface area (Å²) in [5.74, 6) is -0.367. The van der Waals surface area contributed by atoms with Gasteiger partial charge < -0.3 is 10.5 Å². The zero-order chi connectivity index (χ0) is 14.7. The first-order valence-corrected chi connectivity index (χ1v) is 6.95. The Kier molecular flexibility index (Phi) is 4.73. The van der Waals surface area contributed by atoms with Crippen molar-refractivity contribution in [3.8, 4) is 5.75 Å². The Morgan fingerprint density at radius 3 is 2.40 bits per heavy atom. The second-order valence-electron chi connectivity index (χ2n) is 4.27. The maximum Gasteiger partial charge on any atom is 0.137 e. The average molecular weight is 342 g/mol. The minimum atomic E-state index is -0.728. The van der Waals surface area contributed by atoms with Gasteiger partial charge in [-0.2, -0.15) is 0 Å². The summed E-state index contributed by atoms with van der Waals surface area (Å²) in [4.78, 5) is 0. The van der Waals surface area contributed by atoms with Crippen LogP contribution in [0, 0.1) is 11.6 Å². The van der Waals surface area contributed by atoms with Gasteiger partial charge in [0.15, 0.2) is 0 Å². The second kappa shape index (κ2) is 6.33. The molecule has 2 N–H and O–H groups in total. The fourth-order valence-electron chi connectivity index (χ4n) is 1.89. The van der Waals surface area contributed by atoms with Crippen LogP contribution in [0.1, 0.15) is 24.1 Å². The van der Waals surface area contributed by atoms with Crippen molar-refractivity contribution in [3.05, 3.63) is 63.6 Å². The highest BCUT2D eigenvalue weighted by atomic mass is 79.9. The highest BCUT2D eigenvalue weighted by Gasteiger charge is 2.16. The van der Waals surface area contributed by atoms with Gasteiger partial charge in [-0.15, -0.1) is 0 Å². The van der Waals surface area contributed by atoms with Crippen LogP contribution < -0.4 is 10.5 Å². The zero-order valence-electron chi connectivity index (χ0n) is 10.9. The molecule has 0 aromatic heterocycles. The molecule has 1 atom stereocenters. The monoisotopic (exact) mass is 341 g/mol. The third kappa shape index (κ3) is 3.16. The van der Waals surface area contributed by atoms with Gasteiger partial charge in [0.1, 0.15) is 17.4 Å². The number of hydrogen-bond donors (Lipinski definition) is 1. The summed E-state index contributed by atoms with van der Waals surface area (Å²) >= 11 is 2.94. The van der Waals surface area contributed by atoms with Crippen molar-refractivity contribution in [3.63, 3.8) is 0 Å². The van der Waals surface area contributed by atoms with E-state index in [-0.39, 0.29) is 10.0 Å². The molecule has 2 aromatic rings. The number of hydrogen-bond acceptors (Lipinski definition) is 2. The molecular formula is C15H14BrF2NO. The normalized spacial score (nSPS) is 12.2. The van der Waals surface area contributed by atoms with Gasteiger partial charge in [-0.1, -0.05) is 12.1 Å². The quantitative estimate of drug-likeness (QED) is 0.847. The Labute approximate surface area is 124 Å². The van der Waals surface area contributed by atoms with Crippen LogP contribution in [0.2, 0.25) is 0 Å². The molecule has 0 saturated carbocycles. The predicted octanol–water partition coefficient (Wildman–Crippen LogP) is 4.17. The van der Waals surface area contributed by atoms with E-state index >= 15 is 0 Å². The lowest BCUT2D eigenvalue weighted by Crippen LogP contribution is -2.14. The molecule has 0 aliphatic heterocycles. The SMILES string of the molecule is CCOc1ccc(C(N)c2cc(F)c(Br)cc2F)cc1. The van der Waals surface area contributed by atoms with Crippen LogP contribution in [0.15, 0.2) is 40.9 Å². The largest absolute Gasteiger partial charge is 0.494 e. The van der Waals surface area contributed by atoms with E-state index < -0.39 is 17.7 Å². The summed E-state index contributed by atoms with van der Waals surface area (Å²) in [5.41, 5.74) is 6.81. The van der Waals surface area contributed by atoms with Gasteiger partial charge in [0.2, 0.25) is 0 Å². The van der Waals surface area contributed by atoms with Crippen molar-refractivity contribution in [1.29, 1.82) is 0 Å². The van der Waals surface area contributed by atoms with E-state index in [0.717, 1.165) is 12.1 Å². The highest BCUT2D eigenvalue weighted by molar-refractivity contribution is 9.10. The summed E-state index contributed by atoms with van der Waals surface area (Å²) in [6.45, 7) is 2.46. The molecule has 0 aliphatic rings. The van der Waals surface area contributed by atoms with Crippen molar-refractivity contribution in [2.24, 2.45) is 5.73 Å². The molecule has 2 aromatic carbocycles. The van der Waals surface area contributed by atoms with Crippen LogP contribution in [0.3, 0.4) is 0 Å². The van der Waals surface area contributed by atoms with Gasteiger partial charge >= 0.3 is 0 Å². The third-order valence-electron chi connectivity index (χ3n) is 2.92. The fourth-order valence-corrected chi connectivity index (χ4v) is 2.21. The van der Waals surface area contributed by atoms with Crippen molar-refractivity contribution in [2.45, 2.75) is 13.0 Å². The second-order valence-corrected chi connectivity index (χ2v) is 5.12. The van der Waals surface area contributed by atoms with E-state index in [9.17, 15) is 8.78 Å². The van der Waals surface area contributed by atoms with Crippen LogP contribution >= 0.6 is 15.9 Å². The van der Waals surface area contributed by atoms with E-state index in [1.165, 1.54) is 0 Å². The van der Waals surface area contributed by atoms with Crippen LogP contribution in [-0.2, 0) is 0 Å². The van der Waals surface area contributed by atoms with Crippen molar-refractivity contribution in [2.75, 3.05) is 6.61 Å². The Morgan fingerprint density at radius 2 is 1.80 bits per heavy atom. The molecule has 0 aliphatic carbocycles. The number of nitrogens with two attached hydrogens (primary N) is 1. The smallest absolute Gasteiger partial charge is 0.137 e. The van der Waals surface area contributed by atoms with Gasteiger partial charge in [0, 0.05) is 5.56 Å². The molecule has 0 radical (unpaired) electrons. The lowest BCUT2D eigenvalue weighted by molar-refractivity contribution is 0.340. The molecule has 2 rings (SSSR count). The Bertz CT molecular complexity index is 602. The minimum Gasteiger partial charge on any atom is -0.494 e. The standard InChI is InChI=1S/C15H14BrF2NO/c1-2-20-10-5-3-9(4-6-10)15(19)11-7-14(18)12(16)8-13(11)17/h3-8,15H,2,19H2,1H3. The first-order chi connectivity index (χ1) is 9.52. The van der Waals surface area contributed by atoms with Gasteiger partial charge in [-0.05, 0) is 52.7 Å². The molecule has 0 spiro atoms. The molecule has 0 fully saturated rings. The number of halogens is 3. The van der Waals surface area contributed by atoms with Crippen molar-refractivity contribution < 1.29 is 13.5 Å². The van der Waals surface area contributed by atoms with E-state index in [1.807, 2.05) is 6.92 Å². The summed E-state index contributed by atoms with van der Waals surface area (Å²) < 4.78 is 32.8. The van der Waals surface area contributed by atoms with Crippen molar-refractivity contribution in [1.82, 2.24) is 0 Å². The lowest BCUT2D eigenvalue weighted by Gasteiger charge is -2.15. The molecule has 5 heteroatoms. The molecule has 106 valence electrons. The molecule has 0 bridgehead atoms. The Morgan fingerprint density at radius 1 is 1.15 bits per heavy atom. The maximum atomic E-state index is 13.9. The zero-order valence-corrected chi connectivity index (χ0v) is 12.5. The summed E-state index contributed by atoms with van der Waals surface area (Å²) in [5, 5.41) is 0. The van der Waals surface area contributed by atoms with E-state index in [1.54, 1.807) is 24.3 Å². The molecular weight excluding hydrogens is 328 g/mol. The summed E-state index contributed by atoms with van der Waals surface area (Å²) in [6, 6.07) is 8.47. The predicted molar refractivity (Wildman–Crippen MR) is 77.7 cm³/mol. The number of benzene rings is 2. The summed E-state index contributed by atoms with van der Waals surface area (Å²) in [7, 11) is 0.